The molecule has 0 aromatic carbocycles. The molecule has 0 atom stereocenters. The fourth-order valence-electron chi connectivity index (χ4n) is 1.23. The van der Waals surface area contributed by atoms with Crippen LogP contribution in [0, 0.1) is 11.8 Å². The highest BCUT2D eigenvalue weighted by atomic mass is 32.1. The van der Waals surface area contributed by atoms with E-state index in [0.29, 0.717) is 16.3 Å². The van der Waals surface area contributed by atoms with Gasteiger partial charge in [-0.15, -0.1) is 11.3 Å². The first-order valence-electron chi connectivity index (χ1n) is 5.05. The summed E-state index contributed by atoms with van der Waals surface area (Å²) in [5.74, 6) is 4.91. The van der Waals surface area contributed by atoms with Crippen LogP contribution in [0.1, 0.15) is 15.9 Å². The highest BCUT2D eigenvalue weighted by molar-refractivity contribution is 7.13. The monoisotopic (exact) mass is 259 g/mol. The van der Waals surface area contributed by atoms with Gasteiger partial charge in [0.15, 0.2) is 5.13 Å². The SMILES string of the molecule is O=C(Nc1nccs1)c1cncc(C#CCO)c1. The van der Waals surface area contributed by atoms with Gasteiger partial charge in [0.25, 0.3) is 5.91 Å². The molecule has 5 nitrogen and oxygen atoms in total. The van der Waals surface area contributed by atoms with E-state index in [9.17, 15) is 4.79 Å². The zero-order valence-corrected chi connectivity index (χ0v) is 10.1. The van der Waals surface area contributed by atoms with Crippen LogP contribution >= 0.6 is 11.3 Å². The Hall–Kier alpha value is -2.23. The Labute approximate surface area is 108 Å². The molecule has 0 bridgehead atoms. The molecular formula is C12H9N3O2S. The van der Waals surface area contributed by atoms with Gasteiger partial charge in [-0.3, -0.25) is 15.1 Å². The molecule has 2 N–H and O–H groups in total. The lowest BCUT2D eigenvalue weighted by atomic mass is 10.2. The fraction of sp³-hybridized carbons (Fsp3) is 0.0833. The Kier molecular flexibility index (Phi) is 4.02. The van der Waals surface area contributed by atoms with Crippen molar-refractivity contribution in [2.75, 3.05) is 11.9 Å². The highest BCUT2D eigenvalue weighted by Crippen LogP contribution is 2.12. The number of hydrogen-bond donors (Lipinski definition) is 2. The van der Waals surface area contributed by atoms with Crippen molar-refractivity contribution >= 4 is 22.4 Å². The Balaban J connectivity index is 2.15. The van der Waals surface area contributed by atoms with Crippen molar-refractivity contribution in [3.63, 3.8) is 0 Å². The smallest absolute Gasteiger partial charge is 0.259 e. The number of nitrogens with zero attached hydrogens (tertiary/aromatic N) is 2. The van der Waals surface area contributed by atoms with E-state index in [1.165, 1.54) is 23.7 Å². The summed E-state index contributed by atoms with van der Waals surface area (Å²) < 4.78 is 0. The summed E-state index contributed by atoms with van der Waals surface area (Å²) in [4.78, 5) is 19.7. The number of anilines is 1. The minimum Gasteiger partial charge on any atom is -0.384 e. The predicted molar refractivity (Wildman–Crippen MR) is 68.3 cm³/mol. The number of aliphatic hydroxyl groups is 1. The third-order valence-corrected chi connectivity index (χ3v) is 2.65. The molecule has 2 aromatic rings. The van der Waals surface area contributed by atoms with Crippen LogP contribution in [0.2, 0.25) is 0 Å². The number of pyridine rings is 1. The van der Waals surface area contributed by atoms with E-state index in [0.717, 1.165) is 0 Å². The second-order valence-electron chi connectivity index (χ2n) is 3.21. The Bertz CT molecular complexity index is 599. The maximum absolute atomic E-state index is 11.9. The van der Waals surface area contributed by atoms with Crippen LogP contribution in [0.15, 0.2) is 30.0 Å². The molecule has 0 aliphatic carbocycles. The summed E-state index contributed by atoms with van der Waals surface area (Å²) >= 11 is 1.34. The van der Waals surface area contributed by atoms with Crippen molar-refractivity contribution in [1.82, 2.24) is 9.97 Å². The lowest BCUT2D eigenvalue weighted by molar-refractivity contribution is 0.102. The van der Waals surface area contributed by atoms with E-state index in [-0.39, 0.29) is 12.5 Å². The van der Waals surface area contributed by atoms with Gasteiger partial charge in [-0.05, 0) is 6.07 Å². The molecular weight excluding hydrogens is 250 g/mol. The van der Waals surface area contributed by atoms with Crippen LogP contribution in [0.5, 0.6) is 0 Å². The zero-order chi connectivity index (χ0) is 12.8. The molecule has 0 aliphatic heterocycles. The number of carbonyl (C=O) groups is 1. The first-order chi connectivity index (χ1) is 8.79. The zero-order valence-electron chi connectivity index (χ0n) is 9.25. The van der Waals surface area contributed by atoms with Gasteiger partial charge in [0.05, 0.1) is 5.56 Å². The van der Waals surface area contributed by atoms with Crippen molar-refractivity contribution < 1.29 is 9.90 Å². The molecule has 18 heavy (non-hydrogen) atoms. The summed E-state index contributed by atoms with van der Waals surface area (Å²) in [6.07, 6.45) is 4.59. The van der Waals surface area contributed by atoms with E-state index in [4.69, 9.17) is 5.11 Å². The van der Waals surface area contributed by atoms with Crippen molar-refractivity contribution in [3.8, 4) is 11.8 Å². The second-order valence-corrected chi connectivity index (χ2v) is 4.11. The lowest BCUT2D eigenvalue weighted by Crippen LogP contribution is -2.12. The van der Waals surface area contributed by atoms with E-state index < -0.39 is 0 Å². The average Bonchev–Trinajstić information content (AvgIpc) is 2.89. The maximum Gasteiger partial charge on any atom is 0.259 e. The van der Waals surface area contributed by atoms with Crippen LogP contribution < -0.4 is 5.32 Å². The van der Waals surface area contributed by atoms with Gasteiger partial charge < -0.3 is 5.11 Å². The van der Waals surface area contributed by atoms with Crippen LogP contribution in [-0.2, 0) is 0 Å². The minimum atomic E-state index is -0.287. The number of carbonyl (C=O) groups excluding carboxylic acids is 1. The summed E-state index contributed by atoms with van der Waals surface area (Å²) in [5.41, 5.74) is 0.978. The first-order valence-corrected chi connectivity index (χ1v) is 5.93. The summed E-state index contributed by atoms with van der Waals surface area (Å²) in [5, 5.41) is 13.6. The third-order valence-electron chi connectivity index (χ3n) is 1.97. The molecule has 2 heterocycles. The molecule has 6 heteroatoms. The quantitative estimate of drug-likeness (QED) is 0.793. The Morgan fingerprint density at radius 1 is 1.50 bits per heavy atom. The van der Waals surface area contributed by atoms with E-state index in [2.05, 4.69) is 27.1 Å². The minimum absolute atomic E-state index is 0.227. The normalized spacial score (nSPS) is 9.39. The van der Waals surface area contributed by atoms with Gasteiger partial charge in [-0.2, -0.15) is 0 Å². The standard InChI is InChI=1S/C12H9N3O2S/c16-4-1-2-9-6-10(8-13-7-9)11(17)15-12-14-3-5-18-12/h3,5-8,16H,4H2,(H,14,15,17). The molecule has 1 amide bonds. The van der Waals surface area contributed by atoms with Gasteiger partial charge in [-0.25, -0.2) is 4.98 Å². The lowest BCUT2D eigenvalue weighted by Gasteiger charge is -2.01. The van der Waals surface area contributed by atoms with E-state index in [1.807, 2.05) is 0 Å². The number of aromatic nitrogens is 2. The van der Waals surface area contributed by atoms with Crippen LogP contribution in [0.3, 0.4) is 0 Å². The van der Waals surface area contributed by atoms with Gasteiger partial charge in [0, 0.05) is 29.5 Å². The molecule has 0 unspecified atom stereocenters. The summed E-state index contributed by atoms with van der Waals surface area (Å²) in [6, 6.07) is 1.61. The summed E-state index contributed by atoms with van der Waals surface area (Å²) in [7, 11) is 0. The third kappa shape index (κ3) is 3.13. The number of amides is 1. The Morgan fingerprint density at radius 2 is 2.39 bits per heavy atom. The molecule has 2 aromatic heterocycles. The maximum atomic E-state index is 11.9. The van der Waals surface area contributed by atoms with Gasteiger partial charge >= 0.3 is 0 Å². The number of rotatable bonds is 2. The molecule has 90 valence electrons. The van der Waals surface area contributed by atoms with Crippen LogP contribution in [0.25, 0.3) is 0 Å². The van der Waals surface area contributed by atoms with Crippen molar-refractivity contribution in [1.29, 1.82) is 0 Å². The molecule has 0 aliphatic rings. The van der Waals surface area contributed by atoms with E-state index >= 15 is 0 Å². The number of hydrogen-bond acceptors (Lipinski definition) is 5. The van der Waals surface area contributed by atoms with Crippen LogP contribution in [0.4, 0.5) is 5.13 Å². The van der Waals surface area contributed by atoms with Crippen molar-refractivity contribution in [3.05, 3.63) is 41.2 Å². The second kappa shape index (κ2) is 5.91. The Morgan fingerprint density at radius 3 is 3.11 bits per heavy atom. The van der Waals surface area contributed by atoms with Gasteiger partial charge in [0.2, 0.25) is 0 Å². The van der Waals surface area contributed by atoms with E-state index in [1.54, 1.807) is 17.6 Å². The number of aliphatic hydroxyl groups excluding tert-OH is 1. The number of thiazole rings is 1. The topological polar surface area (TPSA) is 75.1 Å². The largest absolute Gasteiger partial charge is 0.384 e. The molecule has 0 fully saturated rings. The summed E-state index contributed by atoms with van der Waals surface area (Å²) in [6.45, 7) is -0.227. The molecule has 0 saturated heterocycles. The van der Waals surface area contributed by atoms with Crippen molar-refractivity contribution in [2.24, 2.45) is 0 Å². The molecule has 0 radical (unpaired) electrons. The van der Waals surface area contributed by atoms with Gasteiger partial charge in [0.1, 0.15) is 6.61 Å². The fourth-order valence-corrected chi connectivity index (χ4v) is 1.75. The predicted octanol–water partition coefficient (Wildman–Crippen LogP) is 1.13. The highest BCUT2D eigenvalue weighted by Gasteiger charge is 2.08. The molecule has 0 saturated carbocycles. The molecule has 0 spiro atoms. The van der Waals surface area contributed by atoms with Crippen molar-refractivity contribution in [2.45, 2.75) is 0 Å². The molecule has 2 rings (SSSR count). The van der Waals surface area contributed by atoms with Crippen LogP contribution in [-0.4, -0.2) is 27.6 Å². The average molecular weight is 259 g/mol. The first kappa shape index (κ1) is 12.2. The number of nitrogens with one attached hydrogen (secondary N) is 1. The van der Waals surface area contributed by atoms with Gasteiger partial charge in [-0.1, -0.05) is 11.8 Å².